The quantitative estimate of drug-likeness (QED) is 0.716. The molecule has 0 radical (unpaired) electrons. The molecule has 0 spiro atoms. The Bertz CT molecular complexity index is 1180. The largest absolute Gasteiger partial charge is 0.340 e. The van der Waals surface area contributed by atoms with E-state index in [1.54, 1.807) is 25.1 Å². The van der Waals surface area contributed by atoms with Crippen LogP contribution in [0.15, 0.2) is 27.5 Å². The third kappa shape index (κ3) is 3.20. The number of fused-ring (bicyclic) bond motifs is 2. The molecule has 2 aromatic heterocycles. The fraction of sp³-hybridized carbons (Fsp3) is 0.500. The molecule has 156 valence electrons. The molecule has 1 aliphatic carbocycles. The number of rotatable bonds is 3. The number of nitrogens with zero attached hydrogens (tertiary/aromatic N) is 4. The molecule has 0 unspecified atom stereocenters. The number of nitrogens with one attached hydrogen (secondary N) is 1. The highest BCUT2D eigenvalue weighted by atomic mass is 16.5. The van der Waals surface area contributed by atoms with E-state index in [0.717, 1.165) is 57.2 Å². The number of carbonyl (C=O) groups excluding carboxylic acids is 1. The zero-order chi connectivity index (χ0) is 20.7. The summed E-state index contributed by atoms with van der Waals surface area (Å²) >= 11 is 0. The zero-order valence-electron chi connectivity index (χ0n) is 17.1. The van der Waals surface area contributed by atoms with Gasteiger partial charge in [0.25, 0.3) is 11.5 Å². The summed E-state index contributed by atoms with van der Waals surface area (Å²) in [6.45, 7) is 2.45. The minimum absolute atomic E-state index is 0.0124. The predicted molar refractivity (Wildman–Crippen MR) is 110 cm³/mol. The van der Waals surface area contributed by atoms with Gasteiger partial charge in [0.2, 0.25) is 5.89 Å². The lowest BCUT2D eigenvalue weighted by atomic mass is 9.76. The van der Waals surface area contributed by atoms with Crippen LogP contribution in [-0.4, -0.2) is 25.6 Å². The van der Waals surface area contributed by atoms with Gasteiger partial charge in [-0.25, -0.2) is 4.98 Å². The third-order valence-corrected chi connectivity index (χ3v) is 6.34. The number of carbonyl (C=O) groups is 1. The first-order chi connectivity index (χ1) is 14.6. The Morgan fingerprint density at radius 1 is 1.13 bits per heavy atom. The second kappa shape index (κ2) is 7.34. The van der Waals surface area contributed by atoms with Crippen LogP contribution in [0.5, 0.6) is 0 Å². The maximum absolute atomic E-state index is 13.0. The van der Waals surface area contributed by atoms with Gasteiger partial charge in [-0.1, -0.05) is 18.0 Å². The summed E-state index contributed by atoms with van der Waals surface area (Å²) < 4.78 is 6.93. The number of aryl methyl sites for hydroxylation is 2. The van der Waals surface area contributed by atoms with E-state index >= 15 is 0 Å². The van der Waals surface area contributed by atoms with E-state index in [1.807, 2.05) is 4.57 Å². The molecular weight excluding hydrogens is 382 g/mol. The maximum atomic E-state index is 13.0. The first kappa shape index (κ1) is 19.0. The summed E-state index contributed by atoms with van der Waals surface area (Å²) in [5, 5.41) is 7.68. The second-order valence-corrected chi connectivity index (χ2v) is 8.41. The first-order valence-corrected chi connectivity index (χ1v) is 10.7. The Kier molecular flexibility index (Phi) is 4.64. The van der Waals surface area contributed by atoms with Crippen LogP contribution in [-0.2, 0) is 18.5 Å². The minimum Gasteiger partial charge on any atom is -0.340 e. The van der Waals surface area contributed by atoms with Crippen molar-refractivity contribution in [1.82, 2.24) is 25.0 Å². The average molecular weight is 407 g/mol. The molecule has 1 aromatic carbocycles. The lowest BCUT2D eigenvalue weighted by molar-refractivity contribution is 0.0805. The fourth-order valence-corrected chi connectivity index (χ4v) is 4.45. The molecule has 1 aliphatic heterocycles. The summed E-state index contributed by atoms with van der Waals surface area (Å²) in [6.07, 6.45) is 7.68. The van der Waals surface area contributed by atoms with Gasteiger partial charge in [0.15, 0.2) is 5.82 Å². The molecule has 1 amide bonds. The molecular formula is C22H25N5O3. The molecule has 3 heterocycles. The van der Waals surface area contributed by atoms with Crippen molar-refractivity contribution in [3.8, 4) is 0 Å². The normalized spacial score (nSPS) is 18.2. The molecule has 2 aliphatic rings. The first-order valence-electron chi connectivity index (χ1n) is 10.7. The van der Waals surface area contributed by atoms with Crippen LogP contribution in [0.4, 0.5) is 0 Å². The zero-order valence-corrected chi connectivity index (χ0v) is 17.1. The van der Waals surface area contributed by atoms with E-state index in [2.05, 4.69) is 15.5 Å². The van der Waals surface area contributed by atoms with Crippen LogP contribution in [0.1, 0.15) is 72.8 Å². The van der Waals surface area contributed by atoms with Crippen LogP contribution in [0, 0.1) is 6.92 Å². The van der Waals surface area contributed by atoms with E-state index in [9.17, 15) is 9.59 Å². The van der Waals surface area contributed by atoms with Gasteiger partial charge in [-0.2, -0.15) is 4.98 Å². The van der Waals surface area contributed by atoms with Crippen molar-refractivity contribution in [2.24, 2.45) is 0 Å². The molecule has 1 fully saturated rings. The van der Waals surface area contributed by atoms with E-state index < -0.39 is 5.54 Å². The van der Waals surface area contributed by atoms with Crippen LogP contribution in [0.3, 0.4) is 0 Å². The Labute approximate surface area is 173 Å². The topological polar surface area (TPSA) is 103 Å². The number of hydrogen-bond donors (Lipinski definition) is 1. The van der Waals surface area contributed by atoms with Gasteiger partial charge >= 0.3 is 0 Å². The number of amides is 1. The molecule has 3 aromatic rings. The van der Waals surface area contributed by atoms with Crippen molar-refractivity contribution in [1.29, 1.82) is 0 Å². The Hall–Kier alpha value is -3.03. The van der Waals surface area contributed by atoms with Crippen molar-refractivity contribution in [3.05, 3.63) is 51.7 Å². The number of benzene rings is 1. The lowest BCUT2D eigenvalue weighted by Gasteiger charge is -2.39. The van der Waals surface area contributed by atoms with Gasteiger partial charge in [0.05, 0.1) is 10.9 Å². The number of aromatic nitrogens is 4. The molecule has 8 nitrogen and oxygen atoms in total. The van der Waals surface area contributed by atoms with Crippen LogP contribution < -0.4 is 10.9 Å². The van der Waals surface area contributed by atoms with Gasteiger partial charge in [-0.15, -0.1) is 0 Å². The Morgan fingerprint density at radius 3 is 2.70 bits per heavy atom. The van der Waals surface area contributed by atoms with Gasteiger partial charge < -0.3 is 9.84 Å². The van der Waals surface area contributed by atoms with E-state index in [0.29, 0.717) is 34.7 Å². The predicted octanol–water partition coefficient (Wildman–Crippen LogP) is 3.01. The molecule has 8 heteroatoms. The molecule has 0 saturated heterocycles. The maximum Gasteiger partial charge on any atom is 0.261 e. The van der Waals surface area contributed by atoms with E-state index in [-0.39, 0.29) is 11.5 Å². The van der Waals surface area contributed by atoms with Crippen LogP contribution in [0.2, 0.25) is 0 Å². The SMILES string of the molecule is Cc1nc(C2(NC(=O)c3ccc4c(=O)n5c(nc4c3)CCCCCC5)CCC2)no1. The highest BCUT2D eigenvalue weighted by Crippen LogP contribution is 2.40. The van der Waals surface area contributed by atoms with Crippen LogP contribution in [0.25, 0.3) is 10.9 Å². The molecule has 1 saturated carbocycles. The fourth-order valence-electron chi connectivity index (χ4n) is 4.45. The Balaban J connectivity index is 1.48. The average Bonchev–Trinajstić information content (AvgIpc) is 3.12. The summed E-state index contributed by atoms with van der Waals surface area (Å²) in [6, 6.07) is 5.14. The molecule has 0 bridgehead atoms. The second-order valence-electron chi connectivity index (χ2n) is 8.41. The van der Waals surface area contributed by atoms with Crippen LogP contribution >= 0.6 is 0 Å². The minimum atomic E-state index is -0.581. The van der Waals surface area contributed by atoms with Crippen molar-refractivity contribution >= 4 is 16.8 Å². The number of hydrogen-bond acceptors (Lipinski definition) is 6. The Morgan fingerprint density at radius 2 is 1.97 bits per heavy atom. The highest BCUT2D eigenvalue weighted by Gasteiger charge is 2.44. The van der Waals surface area contributed by atoms with Crippen molar-refractivity contribution < 1.29 is 9.32 Å². The van der Waals surface area contributed by atoms with Crippen molar-refractivity contribution in [2.75, 3.05) is 0 Å². The summed E-state index contributed by atoms with van der Waals surface area (Å²) in [7, 11) is 0. The van der Waals surface area contributed by atoms with E-state index in [1.165, 1.54) is 0 Å². The smallest absolute Gasteiger partial charge is 0.261 e. The summed E-state index contributed by atoms with van der Waals surface area (Å²) in [5.74, 6) is 1.62. The van der Waals surface area contributed by atoms with Gasteiger partial charge in [-0.3, -0.25) is 14.2 Å². The van der Waals surface area contributed by atoms with Gasteiger partial charge in [0.1, 0.15) is 11.4 Å². The lowest BCUT2D eigenvalue weighted by Crippen LogP contribution is -2.51. The van der Waals surface area contributed by atoms with Crippen molar-refractivity contribution in [3.63, 3.8) is 0 Å². The summed E-state index contributed by atoms with van der Waals surface area (Å²) in [5.41, 5.74) is 0.471. The molecule has 30 heavy (non-hydrogen) atoms. The molecule has 1 N–H and O–H groups in total. The molecule has 5 rings (SSSR count). The monoisotopic (exact) mass is 407 g/mol. The van der Waals surface area contributed by atoms with Gasteiger partial charge in [-0.05, 0) is 50.3 Å². The van der Waals surface area contributed by atoms with Crippen molar-refractivity contribution in [2.45, 2.75) is 70.4 Å². The third-order valence-electron chi connectivity index (χ3n) is 6.34. The van der Waals surface area contributed by atoms with Gasteiger partial charge in [0, 0.05) is 25.5 Å². The van der Waals surface area contributed by atoms with E-state index in [4.69, 9.17) is 9.51 Å². The highest BCUT2D eigenvalue weighted by molar-refractivity contribution is 5.98. The molecule has 0 atom stereocenters. The summed E-state index contributed by atoms with van der Waals surface area (Å²) in [4.78, 5) is 35.1. The standard InChI is InChI=1S/C22H25N5O3/c1-14-23-21(26-30-14)22(10-6-11-22)25-19(28)15-8-9-16-17(13-15)24-18-7-4-2-3-5-12-27(18)20(16)29/h8-9,13H,2-7,10-12H2,1H3,(H,25,28).